The minimum atomic E-state index is -0.970. The Balaban J connectivity index is 0.000000372. The van der Waals surface area contributed by atoms with Crippen molar-refractivity contribution >= 4 is 29.5 Å². The molecule has 4 rings (SSSR count). The maximum Gasteiger partial charge on any atom is 0.248 e. The van der Waals surface area contributed by atoms with Gasteiger partial charge in [-0.25, -0.2) is 8.78 Å². The van der Waals surface area contributed by atoms with Crippen LogP contribution in [0.3, 0.4) is 0 Å². The molecule has 1 saturated carbocycles. The molecule has 3 aromatic rings. The van der Waals surface area contributed by atoms with Crippen LogP contribution in [0.4, 0.5) is 8.78 Å². The summed E-state index contributed by atoms with van der Waals surface area (Å²) in [5.74, 6) is -2.54. The van der Waals surface area contributed by atoms with Gasteiger partial charge in [0, 0.05) is 61.5 Å². The van der Waals surface area contributed by atoms with E-state index in [0.29, 0.717) is 37.3 Å². The summed E-state index contributed by atoms with van der Waals surface area (Å²) in [7, 11) is 0. The first-order valence-electron chi connectivity index (χ1n) is 19.0. The maximum atomic E-state index is 14.8. The van der Waals surface area contributed by atoms with Crippen molar-refractivity contribution in [1.82, 2.24) is 25.4 Å². The van der Waals surface area contributed by atoms with E-state index in [4.69, 9.17) is 11.5 Å². The molecule has 8 N–H and O–H groups in total. The Morgan fingerprint density at radius 3 is 2.21 bits per heavy atom. The van der Waals surface area contributed by atoms with Crippen molar-refractivity contribution in [3.05, 3.63) is 83.7 Å². The van der Waals surface area contributed by atoms with Crippen molar-refractivity contribution in [2.75, 3.05) is 32.8 Å². The second kappa shape index (κ2) is 21.8. The van der Waals surface area contributed by atoms with Crippen LogP contribution in [0.25, 0.3) is 11.1 Å². The molecule has 13 nitrogen and oxygen atoms in total. The number of rotatable bonds is 17. The van der Waals surface area contributed by atoms with Gasteiger partial charge in [0.2, 0.25) is 29.5 Å². The molecule has 5 amide bonds. The summed E-state index contributed by atoms with van der Waals surface area (Å²) in [5.41, 5.74) is 12.8. The van der Waals surface area contributed by atoms with Crippen molar-refractivity contribution in [3.63, 3.8) is 0 Å². The molecule has 56 heavy (non-hydrogen) atoms. The Labute approximate surface area is 327 Å². The Morgan fingerprint density at radius 1 is 0.946 bits per heavy atom. The number of carbonyl (C=O) groups is 5. The van der Waals surface area contributed by atoms with Crippen molar-refractivity contribution in [2.45, 2.75) is 84.8 Å². The molecule has 0 bridgehead atoms. The monoisotopic (exact) mass is 781 g/mol. The number of carbonyl (C=O) groups excluding carboxylic acids is 5. The fourth-order valence-corrected chi connectivity index (χ4v) is 6.61. The van der Waals surface area contributed by atoms with E-state index < -0.39 is 47.6 Å². The summed E-state index contributed by atoms with van der Waals surface area (Å²) in [6.07, 6.45) is 6.40. The second-order valence-corrected chi connectivity index (χ2v) is 15.0. The summed E-state index contributed by atoms with van der Waals surface area (Å²) in [4.78, 5) is 59.9. The van der Waals surface area contributed by atoms with Crippen LogP contribution in [0, 0.1) is 23.0 Å². The highest BCUT2D eigenvalue weighted by Gasteiger charge is 2.37. The van der Waals surface area contributed by atoms with Crippen LogP contribution in [-0.4, -0.2) is 82.9 Å². The van der Waals surface area contributed by atoms with E-state index in [1.165, 1.54) is 4.90 Å². The number of halogens is 2. The van der Waals surface area contributed by atoms with E-state index in [1.807, 2.05) is 55.7 Å². The van der Waals surface area contributed by atoms with E-state index in [2.05, 4.69) is 16.0 Å². The van der Waals surface area contributed by atoms with E-state index in [0.717, 1.165) is 49.4 Å². The van der Waals surface area contributed by atoms with Crippen molar-refractivity contribution in [2.24, 2.45) is 22.8 Å². The molecule has 0 spiro atoms. The fourth-order valence-electron chi connectivity index (χ4n) is 6.61. The number of hydrogen-bond donors (Lipinski definition) is 6. The Hall–Kier alpha value is -5.15. The topological polar surface area (TPSA) is 202 Å². The van der Waals surface area contributed by atoms with Crippen molar-refractivity contribution in [3.8, 4) is 11.1 Å². The second-order valence-electron chi connectivity index (χ2n) is 15.0. The first-order valence-corrected chi connectivity index (χ1v) is 19.0. The van der Waals surface area contributed by atoms with Crippen LogP contribution in [0.1, 0.15) is 83.5 Å². The third-order valence-corrected chi connectivity index (χ3v) is 9.52. The highest BCUT2D eigenvalue weighted by molar-refractivity contribution is 5.84. The number of amides is 5. The maximum absolute atomic E-state index is 14.8. The highest BCUT2D eigenvalue weighted by Crippen LogP contribution is 2.41. The van der Waals surface area contributed by atoms with E-state index >= 15 is 0 Å². The molecule has 1 aliphatic rings. The molecule has 2 atom stereocenters. The van der Waals surface area contributed by atoms with Crippen LogP contribution in [0.2, 0.25) is 0 Å². The normalized spacial score (nSPS) is 13.9. The van der Waals surface area contributed by atoms with Gasteiger partial charge in [-0.05, 0) is 54.5 Å². The van der Waals surface area contributed by atoms with Gasteiger partial charge in [-0.1, -0.05) is 70.9 Å². The van der Waals surface area contributed by atoms with Gasteiger partial charge in [-0.3, -0.25) is 24.0 Å². The Morgan fingerprint density at radius 2 is 1.61 bits per heavy atom. The van der Waals surface area contributed by atoms with Crippen molar-refractivity contribution in [1.29, 1.82) is 0 Å². The number of aromatic nitrogens is 1. The zero-order valence-electron chi connectivity index (χ0n) is 32.8. The summed E-state index contributed by atoms with van der Waals surface area (Å²) in [6.45, 7) is 8.07. The third-order valence-electron chi connectivity index (χ3n) is 9.52. The van der Waals surface area contributed by atoms with Crippen LogP contribution in [0.5, 0.6) is 0 Å². The molecule has 2 aromatic carbocycles. The predicted octanol–water partition coefficient (Wildman–Crippen LogP) is 3.53. The Bertz CT molecular complexity index is 1770. The molecule has 0 aliphatic heterocycles. The lowest BCUT2D eigenvalue weighted by Crippen LogP contribution is -2.46. The average molecular weight is 782 g/mol. The summed E-state index contributed by atoms with van der Waals surface area (Å²) >= 11 is 0. The lowest BCUT2D eigenvalue weighted by molar-refractivity contribution is -0.140. The zero-order chi connectivity index (χ0) is 41.4. The number of nitrogens with one attached hydrogen (secondary N) is 3. The number of benzene rings is 2. The smallest absolute Gasteiger partial charge is 0.248 e. The number of nitrogens with two attached hydrogens (primary N) is 2. The summed E-state index contributed by atoms with van der Waals surface area (Å²) in [5, 5.41) is 17.7. The van der Waals surface area contributed by atoms with Gasteiger partial charge in [0.1, 0.15) is 18.2 Å². The van der Waals surface area contributed by atoms with E-state index in [-0.39, 0.29) is 48.7 Å². The Kier molecular flexibility index (Phi) is 17.6. The van der Waals surface area contributed by atoms with Gasteiger partial charge in [0.25, 0.3) is 0 Å². The first-order chi connectivity index (χ1) is 26.5. The fraction of sp³-hybridized carbons (Fsp3) is 0.488. The SMILES string of the molecule is CC(C)(C)C(c1cc(-c2cc(F)ccc2F)cn1Cc1ccccc1)N(CCC(N)C(N)=O)C(=O)CO.CCC(=O)NCC(=O)NCCNC(=O)C1CCCC1. The molecule has 1 aliphatic carbocycles. The molecule has 2 unspecified atom stereocenters. The molecule has 1 fully saturated rings. The van der Waals surface area contributed by atoms with Gasteiger partial charge >= 0.3 is 0 Å². The molecular formula is C41H57F2N7O6. The van der Waals surface area contributed by atoms with Gasteiger partial charge < -0.3 is 42.0 Å². The van der Waals surface area contributed by atoms with Crippen LogP contribution in [0.15, 0.2) is 60.8 Å². The number of aliphatic hydroxyl groups is 1. The van der Waals surface area contributed by atoms with Gasteiger partial charge in [0.05, 0.1) is 18.6 Å². The van der Waals surface area contributed by atoms with Crippen LogP contribution < -0.4 is 27.4 Å². The summed E-state index contributed by atoms with van der Waals surface area (Å²) < 4.78 is 30.7. The number of nitrogens with zero attached hydrogens (tertiary/aromatic N) is 2. The number of aliphatic hydroxyl groups excluding tert-OH is 1. The molecule has 1 heterocycles. The van der Waals surface area contributed by atoms with Gasteiger partial charge in [-0.2, -0.15) is 0 Å². The minimum Gasteiger partial charge on any atom is -0.387 e. The number of primary amides is 1. The molecule has 15 heteroatoms. The molecule has 306 valence electrons. The van der Waals surface area contributed by atoms with Crippen LogP contribution >= 0.6 is 0 Å². The highest BCUT2D eigenvalue weighted by atomic mass is 19.1. The van der Waals surface area contributed by atoms with E-state index in [1.54, 1.807) is 19.2 Å². The lowest BCUT2D eigenvalue weighted by Gasteiger charge is -2.41. The average Bonchev–Trinajstić information content (AvgIpc) is 3.85. The largest absolute Gasteiger partial charge is 0.387 e. The third kappa shape index (κ3) is 13.9. The van der Waals surface area contributed by atoms with Gasteiger partial charge in [0.15, 0.2) is 0 Å². The van der Waals surface area contributed by atoms with Gasteiger partial charge in [-0.15, -0.1) is 0 Å². The molecule has 0 radical (unpaired) electrons. The van der Waals surface area contributed by atoms with Crippen molar-refractivity contribution < 1.29 is 37.9 Å². The summed E-state index contributed by atoms with van der Waals surface area (Å²) in [6, 6.07) is 13.0. The van der Waals surface area contributed by atoms with Crippen LogP contribution in [-0.2, 0) is 30.5 Å². The molecule has 1 aromatic heterocycles. The van der Waals surface area contributed by atoms with E-state index in [9.17, 15) is 37.9 Å². The zero-order valence-corrected chi connectivity index (χ0v) is 32.8. The standard InChI is InChI=1S/C28H34F2N4O3.C13H23N3O3/c1-28(2,3)26(34(25(36)17-35)12-11-23(31)27(32)37)24-13-19(21-14-20(29)9-10-22(21)30)16-33(24)15-18-7-5-4-6-8-18;1-2-11(17)16-9-12(18)14-7-8-15-13(19)10-5-3-4-6-10/h4-10,13-14,16,23,26,35H,11-12,15,17,31H2,1-3H3,(H2,32,37);10H,2-9H2,1H3,(H,14,18)(H,15,19)(H,16,17). The lowest BCUT2D eigenvalue weighted by atomic mass is 9.82. The number of hydrogen-bond acceptors (Lipinski definition) is 7. The predicted molar refractivity (Wildman–Crippen MR) is 209 cm³/mol. The minimum absolute atomic E-state index is 0.0107. The first kappa shape index (κ1) is 45.2. The molecular weight excluding hydrogens is 724 g/mol. The molecule has 0 saturated heterocycles. The quantitative estimate of drug-likeness (QED) is 0.113.